The molecule has 1 aromatic rings. The van der Waals surface area contributed by atoms with Crippen molar-refractivity contribution in [1.29, 1.82) is 0 Å². The number of rotatable bonds is 0. The third kappa shape index (κ3) is 2.05. The molecular weight excluding hydrogens is 190 g/mol. The molecule has 1 rings (SSSR count). The molecule has 0 saturated heterocycles. The van der Waals surface area contributed by atoms with Crippen LogP contribution in [0.4, 0.5) is 0 Å². The molecule has 0 aromatic heterocycles. The maximum atomic E-state index is 7.47. The summed E-state index contributed by atoms with van der Waals surface area (Å²) in [5, 5.41) is 0. The second-order valence-corrected chi connectivity index (χ2v) is 3.78. The van der Waals surface area contributed by atoms with E-state index in [1.165, 1.54) is 0 Å². The smallest absolute Gasteiger partial charge is 0.0784 e. The van der Waals surface area contributed by atoms with Crippen molar-refractivity contribution in [2.24, 2.45) is 0 Å². The molecule has 54 valence electrons. The largest absolute Gasteiger partial charge is 0.216 e. The van der Waals surface area contributed by atoms with E-state index < -0.39 is 34.0 Å². The minimum Gasteiger partial charge on any atom is -0.0784 e. The molecule has 0 atom stereocenters. The summed E-state index contributed by atoms with van der Waals surface area (Å²) in [6.07, 6.45) is 0. The molecule has 0 bridgehead atoms. The van der Waals surface area contributed by atoms with Crippen molar-refractivity contribution in [3.05, 3.63) is 35.8 Å². The number of hydrogen-bond donors (Lipinski definition) is 0. The van der Waals surface area contributed by atoms with Gasteiger partial charge in [-0.25, -0.2) is 0 Å². The second kappa shape index (κ2) is 3.00. The summed E-state index contributed by atoms with van der Waals surface area (Å²) in [5.41, 5.74) is -0.335. The van der Waals surface area contributed by atoms with E-state index in [0.29, 0.717) is 0 Å². The molecule has 0 aliphatic rings. The van der Waals surface area contributed by atoms with Crippen molar-refractivity contribution in [3.63, 3.8) is 0 Å². The Hall–Kier alpha value is 0.0900. The van der Waals surface area contributed by atoms with Gasteiger partial charge in [-0.2, -0.15) is 0 Å². The average Bonchev–Trinajstić information content (AvgIpc) is 2.09. The molecule has 0 saturated carbocycles. The molecular formula is C7H5Cl3. The summed E-state index contributed by atoms with van der Waals surface area (Å²) >= 11 is 16.6. The van der Waals surface area contributed by atoms with E-state index in [1.807, 2.05) is 0 Å². The third-order valence-electron chi connectivity index (χ3n) is 0.783. The Labute approximate surface area is 81.7 Å². The van der Waals surface area contributed by atoms with Crippen LogP contribution < -0.4 is 0 Å². The standard InChI is InChI=1S/C7H5Cl3/c8-7(9,10)6-4-2-1-3-5-6/h1-5H/i1D,2D,3D,4D,5D. The monoisotopic (exact) mass is 199 g/mol. The Morgan fingerprint density at radius 2 is 1.60 bits per heavy atom. The fourth-order valence-corrected chi connectivity index (χ4v) is 0.675. The number of alkyl halides is 3. The van der Waals surface area contributed by atoms with Gasteiger partial charge in [0.2, 0.25) is 3.79 Å². The lowest BCUT2D eigenvalue weighted by Crippen LogP contribution is -1.98. The molecule has 0 fully saturated rings. The number of benzene rings is 1. The van der Waals surface area contributed by atoms with Gasteiger partial charge in [0.1, 0.15) is 0 Å². The van der Waals surface area contributed by atoms with Crippen molar-refractivity contribution < 1.29 is 6.85 Å². The van der Waals surface area contributed by atoms with Gasteiger partial charge in [-0.15, -0.1) is 0 Å². The molecule has 0 unspecified atom stereocenters. The Morgan fingerprint density at radius 1 is 1.10 bits per heavy atom. The second-order valence-electron chi connectivity index (χ2n) is 1.50. The van der Waals surface area contributed by atoms with Crippen LogP contribution in [-0.2, 0) is 3.79 Å². The predicted octanol–water partition coefficient (Wildman–Crippen LogP) is 3.51. The molecule has 0 spiro atoms. The highest BCUT2D eigenvalue weighted by Crippen LogP contribution is 2.37. The molecule has 0 N–H and O–H groups in total. The third-order valence-corrected chi connectivity index (χ3v) is 1.35. The highest BCUT2D eigenvalue weighted by molar-refractivity contribution is 6.66. The lowest BCUT2D eigenvalue weighted by atomic mass is 10.2. The van der Waals surface area contributed by atoms with E-state index >= 15 is 0 Å². The van der Waals surface area contributed by atoms with Crippen LogP contribution >= 0.6 is 34.8 Å². The van der Waals surface area contributed by atoms with Gasteiger partial charge in [0.05, 0.1) is 6.85 Å². The first-order chi connectivity index (χ1) is 6.68. The average molecular weight is 201 g/mol. The Balaban J connectivity index is 3.68. The first kappa shape index (κ1) is 3.66. The van der Waals surface area contributed by atoms with Gasteiger partial charge in [0, 0.05) is 5.56 Å². The quantitative estimate of drug-likeness (QED) is 0.562. The van der Waals surface area contributed by atoms with Crippen LogP contribution in [0, 0.1) is 0 Å². The summed E-state index contributed by atoms with van der Waals surface area (Å²) in [6, 6.07) is -2.54. The molecule has 0 aliphatic heterocycles. The van der Waals surface area contributed by atoms with Gasteiger partial charge in [-0.1, -0.05) is 65.0 Å². The zero-order valence-corrected chi connectivity index (χ0v) is 6.90. The summed E-state index contributed by atoms with van der Waals surface area (Å²) in [6.45, 7) is 0. The fourth-order valence-electron chi connectivity index (χ4n) is 0.392. The van der Waals surface area contributed by atoms with Crippen molar-refractivity contribution in [2.45, 2.75) is 3.79 Å². The lowest BCUT2D eigenvalue weighted by molar-refractivity contribution is 1.24. The van der Waals surface area contributed by atoms with Crippen molar-refractivity contribution in [1.82, 2.24) is 0 Å². The van der Waals surface area contributed by atoms with Gasteiger partial charge in [-0.05, 0) is 0 Å². The summed E-state index contributed by atoms with van der Waals surface area (Å²) in [4.78, 5) is 0. The van der Waals surface area contributed by atoms with E-state index in [0.717, 1.165) is 0 Å². The van der Waals surface area contributed by atoms with E-state index in [-0.39, 0.29) is 5.56 Å². The molecule has 0 radical (unpaired) electrons. The summed E-state index contributed by atoms with van der Waals surface area (Å²) in [7, 11) is 0. The zero-order chi connectivity index (χ0) is 12.0. The minimum atomic E-state index is -2.03. The highest BCUT2D eigenvalue weighted by Gasteiger charge is 2.21. The van der Waals surface area contributed by atoms with Gasteiger partial charge in [0.15, 0.2) is 0 Å². The van der Waals surface area contributed by atoms with E-state index in [4.69, 9.17) is 41.7 Å². The zero-order valence-electron chi connectivity index (χ0n) is 9.63. The van der Waals surface area contributed by atoms with Gasteiger partial charge in [0.25, 0.3) is 0 Å². The Morgan fingerprint density at radius 3 is 2.00 bits per heavy atom. The molecule has 0 nitrogen and oxygen atoms in total. The minimum absolute atomic E-state index is 0.335. The normalized spacial score (nSPS) is 18.5. The van der Waals surface area contributed by atoms with Crippen LogP contribution in [0.2, 0.25) is 0 Å². The van der Waals surface area contributed by atoms with Crippen LogP contribution in [0.1, 0.15) is 12.4 Å². The van der Waals surface area contributed by atoms with Crippen LogP contribution in [0.25, 0.3) is 0 Å². The summed E-state index contributed by atoms with van der Waals surface area (Å²) < 4.78 is 34.9. The van der Waals surface area contributed by atoms with Gasteiger partial charge in [-0.3, -0.25) is 0 Å². The Kier molecular flexibility index (Phi) is 1.10. The van der Waals surface area contributed by atoms with Crippen LogP contribution in [0.5, 0.6) is 0 Å². The van der Waals surface area contributed by atoms with Gasteiger partial charge < -0.3 is 0 Å². The number of hydrogen-bond acceptors (Lipinski definition) is 0. The summed E-state index contributed by atoms with van der Waals surface area (Å²) in [5.74, 6) is 0. The maximum absolute atomic E-state index is 7.47. The Bertz CT molecular complexity index is 383. The predicted molar refractivity (Wildman–Crippen MR) is 45.7 cm³/mol. The molecule has 0 amide bonds. The number of halogens is 3. The topological polar surface area (TPSA) is 0 Å². The maximum Gasteiger partial charge on any atom is 0.216 e. The van der Waals surface area contributed by atoms with Crippen LogP contribution in [0.15, 0.2) is 30.2 Å². The first-order valence-electron chi connectivity index (χ1n) is 4.82. The van der Waals surface area contributed by atoms with Crippen LogP contribution in [-0.4, -0.2) is 0 Å². The van der Waals surface area contributed by atoms with E-state index in [9.17, 15) is 0 Å². The molecule has 0 aliphatic carbocycles. The molecule has 0 heterocycles. The van der Waals surface area contributed by atoms with Gasteiger partial charge >= 0.3 is 0 Å². The van der Waals surface area contributed by atoms with Crippen molar-refractivity contribution >= 4 is 34.8 Å². The first-order valence-corrected chi connectivity index (χ1v) is 3.45. The van der Waals surface area contributed by atoms with Crippen molar-refractivity contribution in [2.75, 3.05) is 0 Å². The van der Waals surface area contributed by atoms with E-state index in [1.54, 1.807) is 0 Å². The highest BCUT2D eigenvalue weighted by atomic mass is 35.6. The van der Waals surface area contributed by atoms with Crippen LogP contribution in [0.3, 0.4) is 0 Å². The molecule has 3 heteroatoms. The molecule has 10 heavy (non-hydrogen) atoms. The lowest BCUT2D eigenvalue weighted by Gasteiger charge is -2.09. The van der Waals surface area contributed by atoms with Crippen molar-refractivity contribution in [3.8, 4) is 0 Å². The SMILES string of the molecule is [2H]c1c([2H])c([2H])c(C(Cl)(Cl)Cl)c([2H])c1[2H]. The van der Waals surface area contributed by atoms with E-state index in [2.05, 4.69) is 0 Å². The fraction of sp³-hybridized carbons (Fsp3) is 0.143. The molecule has 1 aromatic carbocycles.